The fourth-order valence-electron chi connectivity index (χ4n) is 1.52. The van der Waals surface area contributed by atoms with Crippen LogP contribution in [0.25, 0.3) is 0 Å². The highest BCUT2D eigenvalue weighted by molar-refractivity contribution is 6.31. The lowest BCUT2D eigenvalue weighted by Gasteiger charge is -2.21. The molecule has 2 unspecified atom stereocenters. The number of hydrogen-bond donors (Lipinski definition) is 4. The molecule has 0 saturated heterocycles. The molecule has 9 heteroatoms. The van der Waals surface area contributed by atoms with Gasteiger partial charge in [-0.1, -0.05) is 11.6 Å². The molecular formula is C13H21ClN4O4. The Hall–Kier alpha value is -1.64. The van der Waals surface area contributed by atoms with E-state index in [1.807, 2.05) is 0 Å². The van der Waals surface area contributed by atoms with Crippen molar-refractivity contribution >= 4 is 23.5 Å². The molecule has 2 atom stereocenters. The summed E-state index contributed by atoms with van der Waals surface area (Å²) in [5, 5.41) is 22.3. The van der Waals surface area contributed by atoms with Gasteiger partial charge in [0.05, 0.1) is 18.0 Å². The zero-order valence-electron chi connectivity index (χ0n) is 12.7. The predicted molar refractivity (Wildman–Crippen MR) is 81.3 cm³/mol. The Morgan fingerprint density at radius 1 is 1.50 bits per heavy atom. The summed E-state index contributed by atoms with van der Waals surface area (Å²) in [7, 11) is 0. The molecule has 0 spiro atoms. The van der Waals surface area contributed by atoms with Crippen LogP contribution in [0.5, 0.6) is 0 Å². The first-order valence-corrected chi connectivity index (χ1v) is 7.09. The summed E-state index contributed by atoms with van der Waals surface area (Å²) in [6.07, 6.45) is -1.69. The number of amides is 1. The van der Waals surface area contributed by atoms with Gasteiger partial charge in [0.15, 0.2) is 11.0 Å². The maximum atomic E-state index is 11.4. The monoisotopic (exact) mass is 332 g/mol. The molecule has 0 aromatic carbocycles. The Bertz CT molecular complexity index is 521. The van der Waals surface area contributed by atoms with E-state index in [0.29, 0.717) is 0 Å². The molecule has 1 rings (SSSR count). The Morgan fingerprint density at radius 3 is 2.68 bits per heavy atom. The zero-order valence-corrected chi connectivity index (χ0v) is 13.5. The van der Waals surface area contributed by atoms with Gasteiger partial charge in [-0.05, 0) is 27.2 Å². The van der Waals surface area contributed by atoms with Crippen LogP contribution in [0, 0.1) is 0 Å². The number of ether oxygens (including phenoxy) is 1. The third-order valence-corrected chi connectivity index (χ3v) is 2.83. The van der Waals surface area contributed by atoms with Crippen molar-refractivity contribution in [1.82, 2.24) is 15.3 Å². The molecule has 0 fully saturated rings. The summed E-state index contributed by atoms with van der Waals surface area (Å²) in [6, 6.07) is 0. The minimum absolute atomic E-state index is 0.0405. The van der Waals surface area contributed by atoms with E-state index in [4.69, 9.17) is 22.1 Å². The number of hydrogen-bond acceptors (Lipinski definition) is 7. The SMILES string of the molecule is CC(C)(C)OC(=O)NCCC(O)C(O)c1cnc(N)c(Cl)n1. The van der Waals surface area contributed by atoms with E-state index in [0.717, 1.165) is 0 Å². The van der Waals surface area contributed by atoms with E-state index in [1.165, 1.54) is 6.20 Å². The smallest absolute Gasteiger partial charge is 0.407 e. The maximum absolute atomic E-state index is 11.4. The average Bonchev–Trinajstić information content (AvgIpc) is 2.38. The normalized spacial score (nSPS) is 14.3. The number of halogens is 1. The van der Waals surface area contributed by atoms with Gasteiger partial charge in [-0.15, -0.1) is 0 Å². The number of nitrogens with two attached hydrogens (primary N) is 1. The quantitative estimate of drug-likeness (QED) is 0.633. The lowest BCUT2D eigenvalue weighted by molar-refractivity contribution is 0.00975. The van der Waals surface area contributed by atoms with Crippen LogP contribution in [0.1, 0.15) is 39.0 Å². The number of anilines is 1. The summed E-state index contributed by atoms with van der Waals surface area (Å²) >= 11 is 5.71. The van der Waals surface area contributed by atoms with Crippen molar-refractivity contribution in [2.45, 2.75) is 45.0 Å². The van der Waals surface area contributed by atoms with Crippen molar-refractivity contribution in [2.24, 2.45) is 0 Å². The van der Waals surface area contributed by atoms with Gasteiger partial charge in [-0.25, -0.2) is 14.8 Å². The van der Waals surface area contributed by atoms with Gasteiger partial charge in [0.1, 0.15) is 11.7 Å². The van der Waals surface area contributed by atoms with E-state index >= 15 is 0 Å². The second kappa shape index (κ2) is 7.57. The largest absolute Gasteiger partial charge is 0.444 e. The van der Waals surface area contributed by atoms with E-state index in [9.17, 15) is 15.0 Å². The van der Waals surface area contributed by atoms with Crippen molar-refractivity contribution in [3.8, 4) is 0 Å². The van der Waals surface area contributed by atoms with Crippen molar-refractivity contribution < 1.29 is 19.7 Å². The molecule has 22 heavy (non-hydrogen) atoms. The predicted octanol–water partition coefficient (Wildman–Crippen LogP) is 1.02. The first kappa shape index (κ1) is 18.4. The van der Waals surface area contributed by atoms with Crippen molar-refractivity contribution in [1.29, 1.82) is 0 Å². The standard InChI is InChI=1S/C13H21ClN4O4/c1-13(2,3)22-12(21)16-5-4-8(19)9(20)7-6-17-11(15)10(14)18-7/h6,8-9,19-20H,4-5H2,1-3H3,(H2,15,17)(H,16,21). The second-order valence-corrected chi connectivity index (χ2v) is 6.06. The number of nitrogen functional groups attached to an aromatic ring is 1. The number of aliphatic hydroxyl groups excluding tert-OH is 2. The first-order valence-electron chi connectivity index (χ1n) is 6.71. The van der Waals surface area contributed by atoms with Crippen molar-refractivity contribution in [2.75, 3.05) is 12.3 Å². The van der Waals surface area contributed by atoms with Gasteiger partial charge >= 0.3 is 6.09 Å². The number of nitrogens with one attached hydrogen (secondary N) is 1. The summed E-state index contributed by atoms with van der Waals surface area (Å²) in [4.78, 5) is 19.0. The Labute approximate surface area is 133 Å². The molecule has 0 radical (unpaired) electrons. The summed E-state index contributed by atoms with van der Waals surface area (Å²) in [5.41, 5.74) is 4.92. The van der Waals surface area contributed by atoms with Crippen LogP contribution in [-0.4, -0.2) is 44.5 Å². The van der Waals surface area contributed by atoms with Crippen LogP contribution in [0.2, 0.25) is 5.15 Å². The number of aromatic nitrogens is 2. The van der Waals surface area contributed by atoms with Crippen LogP contribution in [-0.2, 0) is 4.74 Å². The Balaban J connectivity index is 2.46. The highest BCUT2D eigenvalue weighted by Crippen LogP contribution is 2.20. The fraction of sp³-hybridized carbons (Fsp3) is 0.615. The molecule has 5 N–H and O–H groups in total. The molecule has 1 amide bonds. The van der Waals surface area contributed by atoms with Gasteiger partial charge in [0.2, 0.25) is 0 Å². The third-order valence-electron chi connectivity index (χ3n) is 2.55. The molecule has 0 bridgehead atoms. The molecule has 1 aromatic heterocycles. The number of alkyl carbamates (subject to hydrolysis) is 1. The lowest BCUT2D eigenvalue weighted by atomic mass is 10.1. The van der Waals surface area contributed by atoms with Crippen molar-refractivity contribution in [3.63, 3.8) is 0 Å². The first-order chi connectivity index (χ1) is 10.1. The molecule has 8 nitrogen and oxygen atoms in total. The molecule has 1 aromatic rings. The highest BCUT2D eigenvalue weighted by Gasteiger charge is 2.22. The Morgan fingerprint density at radius 2 is 2.14 bits per heavy atom. The van der Waals surface area contributed by atoms with Crippen LogP contribution in [0.15, 0.2) is 6.20 Å². The second-order valence-electron chi connectivity index (χ2n) is 5.70. The van der Waals surface area contributed by atoms with Gasteiger partial charge in [-0.2, -0.15) is 0 Å². The molecular weight excluding hydrogens is 312 g/mol. The maximum Gasteiger partial charge on any atom is 0.407 e. The lowest BCUT2D eigenvalue weighted by Crippen LogP contribution is -2.34. The molecule has 0 aliphatic heterocycles. The minimum atomic E-state index is -1.29. The van der Waals surface area contributed by atoms with Gasteiger partial charge < -0.3 is 26.0 Å². The number of aliphatic hydroxyl groups is 2. The topological polar surface area (TPSA) is 131 Å². The number of carbonyl (C=O) groups excluding carboxylic acids is 1. The Kier molecular flexibility index (Phi) is 6.34. The zero-order chi connectivity index (χ0) is 16.9. The van der Waals surface area contributed by atoms with Crippen LogP contribution < -0.4 is 11.1 Å². The average molecular weight is 333 g/mol. The number of rotatable bonds is 5. The van der Waals surface area contributed by atoms with Crippen LogP contribution >= 0.6 is 11.6 Å². The molecule has 0 aliphatic carbocycles. The summed E-state index contributed by atoms with van der Waals surface area (Å²) < 4.78 is 5.05. The fourth-order valence-corrected chi connectivity index (χ4v) is 1.67. The van der Waals surface area contributed by atoms with Gasteiger partial charge in [0, 0.05) is 6.54 Å². The highest BCUT2D eigenvalue weighted by atomic mass is 35.5. The summed E-state index contributed by atoms with van der Waals surface area (Å²) in [5.74, 6) is 0.0405. The van der Waals surface area contributed by atoms with Crippen molar-refractivity contribution in [3.05, 3.63) is 17.0 Å². The van der Waals surface area contributed by atoms with Gasteiger partial charge in [0.25, 0.3) is 0 Å². The molecule has 0 saturated carbocycles. The van der Waals surface area contributed by atoms with Gasteiger partial charge in [-0.3, -0.25) is 0 Å². The van der Waals surface area contributed by atoms with E-state index in [2.05, 4.69) is 15.3 Å². The summed E-state index contributed by atoms with van der Waals surface area (Å²) in [6.45, 7) is 5.36. The van der Waals surface area contributed by atoms with E-state index < -0.39 is 23.9 Å². The molecule has 1 heterocycles. The molecule has 0 aliphatic rings. The van der Waals surface area contributed by atoms with E-state index in [-0.39, 0.29) is 29.6 Å². The van der Waals surface area contributed by atoms with Crippen LogP contribution in [0.3, 0.4) is 0 Å². The number of carbonyl (C=O) groups is 1. The third kappa shape index (κ3) is 6.00. The number of nitrogens with zero attached hydrogens (tertiary/aromatic N) is 2. The van der Waals surface area contributed by atoms with E-state index in [1.54, 1.807) is 20.8 Å². The van der Waals surface area contributed by atoms with Crippen LogP contribution in [0.4, 0.5) is 10.6 Å². The molecule has 124 valence electrons. The minimum Gasteiger partial charge on any atom is -0.444 e.